The summed E-state index contributed by atoms with van der Waals surface area (Å²) in [5.74, 6) is -0.797. The molecule has 1 rings (SSSR count). The number of carbonyl (C=O) groups excluding carboxylic acids is 1. The molecule has 0 atom stereocenters. The van der Waals surface area contributed by atoms with Gasteiger partial charge in [0.25, 0.3) is 5.69 Å². The summed E-state index contributed by atoms with van der Waals surface area (Å²) in [4.78, 5) is 22.5. The molecule has 0 spiro atoms. The molecule has 0 aliphatic carbocycles. The second kappa shape index (κ2) is 6.44. The highest BCUT2D eigenvalue weighted by atomic mass is 19.1. The molecule has 0 radical (unpaired) electrons. The number of benzene rings is 1. The maximum atomic E-state index is 13.6. The van der Waals surface area contributed by atoms with E-state index in [0.717, 1.165) is 12.1 Å². The van der Waals surface area contributed by atoms with Crippen molar-refractivity contribution in [3.63, 3.8) is 0 Å². The molecule has 0 aliphatic rings. The van der Waals surface area contributed by atoms with Crippen LogP contribution in [-0.4, -0.2) is 24.3 Å². The number of nitro groups is 1. The van der Waals surface area contributed by atoms with Crippen molar-refractivity contribution >= 4 is 17.7 Å². The maximum Gasteiger partial charge on any atom is 0.293 e. The van der Waals surface area contributed by atoms with Gasteiger partial charge in [-0.05, 0) is 0 Å². The molecule has 0 saturated heterocycles. The van der Waals surface area contributed by atoms with Crippen LogP contribution in [0.5, 0.6) is 0 Å². The number of aldehydes is 1. The zero-order chi connectivity index (χ0) is 14.4. The number of hydrogen-bond donors (Lipinski definition) is 0. The molecule has 100 valence electrons. The van der Waals surface area contributed by atoms with Crippen molar-refractivity contribution in [1.82, 2.24) is 0 Å². The fraction of sp³-hybridized carbons (Fsp3) is 0.154. The van der Waals surface area contributed by atoms with Crippen LogP contribution in [0.25, 0.3) is 0 Å². The van der Waals surface area contributed by atoms with Crippen molar-refractivity contribution < 1.29 is 14.1 Å². The van der Waals surface area contributed by atoms with Crippen molar-refractivity contribution in [2.45, 2.75) is 0 Å². The topological polar surface area (TPSA) is 63.5 Å². The van der Waals surface area contributed by atoms with Gasteiger partial charge >= 0.3 is 0 Å². The molecule has 6 heteroatoms. The fourth-order valence-electron chi connectivity index (χ4n) is 1.64. The Labute approximate surface area is 109 Å². The first kappa shape index (κ1) is 14.6. The summed E-state index contributed by atoms with van der Waals surface area (Å²) in [6.45, 7) is 7.68. The lowest BCUT2D eigenvalue weighted by Gasteiger charge is -2.21. The van der Waals surface area contributed by atoms with Gasteiger partial charge in [-0.3, -0.25) is 14.9 Å². The maximum absolute atomic E-state index is 13.6. The van der Waals surface area contributed by atoms with Crippen molar-refractivity contribution in [2.75, 3.05) is 18.0 Å². The predicted molar refractivity (Wildman–Crippen MR) is 71.0 cm³/mol. The van der Waals surface area contributed by atoms with Gasteiger partial charge in [0.2, 0.25) is 0 Å². The third kappa shape index (κ3) is 3.25. The summed E-state index contributed by atoms with van der Waals surface area (Å²) < 4.78 is 13.6. The second-order valence-corrected chi connectivity index (χ2v) is 3.72. The number of anilines is 1. The lowest BCUT2D eigenvalue weighted by atomic mass is 10.1. The number of carbonyl (C=O) groups is 1. The van der Waals surface area contributed by atoms with E-state index in [9.17, 15) is 19.3 Å². The van der Waals surface area contributed by atoms with Crippen LogP contribution >= 0.6 is 0 Å². The minimum Gasteiger partial charge on any atom is -0.358 e. The predicted octanol–water partition coefficient (Wildman–Crippen LogP) is 2.72. The first-order valence-corrected chi connectivity index (χ1v) is 5.45. The summed E-state index contributed by atoms with van der Waals surface area (Å²) in [6.07, 6.45) is 3.33. The monoisotopic (exact) mass is 264 g/mol. The SMILES string of the molecule is C=CCN(CC=C)c1cc(F)c(C=O)cc1[N+](=O)[O-]. The summed E-state index contributed by atoms with van der Waals surface area (Å²) in [6, 6.07) is 1.91. The summed E-state index contributed by atoms with van der Waals surface area (Å²) in [7, 11) is 0. The third-order valence-corrected chi connectivity index (χ3v) is 2.46. The van der Waals surface area contributed by atoms with E-state index < -0.39 is 10.7 Å². The standard InChI is InChI=1S/C13H13FN2O3/c1-3-5-15(6-4-2)12-8-11(14)10(9-17)7-13(12)16(18)19/h3-4,7-9H,1-2,5-6H2. The molecule has 0 fully saturated rings. The number of hydrogen-bond acceptors (Lipinski definition) is 4. The van der Waals surface area contributed by atoms with E-state index >= 15 is 0 Å². The second-order valence-electron chi connectivity index (χ2n) is 3.72. The Morgan fingerprint density at radius 3 is 2.32 bits per heavy atom. The van der Waals surface area contributed by atoms with E-state index in [1.165, 1.54) is 4.90 Å². The first-order valence-electron chi connectivity index (χ1n) is 5.45. The molecule has 0 saturated carbocycles. The number of nitro benzene ring substituents is 1. The van der Waals surface area contributed by atoms with Crippen molar-refractivity contribution in [3.05, 3.63) is 58.9 Å². The molecule has 5 nitrogen and oxygen atoms in total. The molecule has 0 heterocycles. The number of halogens is 1. The Morgan fingerprint density at radius 1 is 1.32 bits per heavy atom. The van der Waals surface area contributed by atoms with E-state index in [4.69, 9.17) is 0 Å². The van der Waals surface area contributed by atoms with Crippen LogP contribution in [-0.2, 0) is 0 Å². The molecule has 1 aromatic rings. The molecule has 0 unspecified atom stereocenters. The first-order chi connectivity index (χ1) is 9.04. The van der Waals surface area contributed by atoms with E-state index in [0.29, 0.717) is 13.1 Å². The average molecular weight is 264 g/mol. The minimum absolute atomic E-state index is 0.0906. The Bertz CT molecular complexity index is 519. The van der Waals surface area contributed by atoms with Gasteiger partial charge in [0, 0.05) is 25.2 Å². The summed E-state index contributed by atoms with van der Waals surface area (Å²) in [5.41, 5.74) is -0.576. The lowest BCUT2D eigenvalue weighted by molar-refractivity contribution is -0.384. The minimum atomic E-state index is -0.797. The Hall–Kier alpha value is -2.50. The highest BCUT2D eigenvalue weighted by Crippen LogP contribution is 2.30. The largest absolute Gasteiger partial charge is 0.358 e. The van der Waals surface area contributed by atoms with Crippen LogP contribution < -0.4 is 4.90 Å². The van der Waals surface area contributed by atoms with Crippen molar-refractivity contribution in [3.8, 4) is 0 Å². The van der Waals surface area contributed by atoms with Gasteiger partial charge in [0.05, 0.1) is 10.5 Å². The summed E-state index contributed by atoms with van der Waals surface area (Å²) >= 11 is 0. The third-order valence-electron chi connectivity index (χ3n) is 2.46. The Morgan fingerprint density at radius 2 is 1.89 bits per heavy atom. The Balaban J connectivity index is 3.41. The quantitative estimate of drug-likeness (QED) is 0.329. The van der Waals surface area contributed by atoms with Gasteiger partial charge in [0.1, 0.15) is 11.5 Å². The van der Waals surface area contributed by atoms with Gasteiger partial charge in [-0.2, -0.15) is 0 Å². The van der Waals surface area contributed by atoms with E-state index in [-0.39, 0.29) is 23.2 Å². The molecule has 0 amide bonds. The van der Waals surface area contributed by atoms with Crippen LogP contribution in [0.4, 0.5) is 15.8 Å². The zero-order valence-electron chi connectivity index (χ0n) is 10.2. The van der Waals surface area contributed by atoms with Crippen LogP contribution in [0.15, 0.2) is 37.4 Å². The van der Waals surface area contributed by atoms with Gasteiger partial charge in [-0.15, -0.1) is 13.2 Å². The van der Waals surface area contributed by atoms with Gasteiger partial charge in [0.15, 0.2) is 6.29 Å². The van der Waals surface area contributed by atoms with Crippen LogP contribution in [0.3, 0.4) is 0 Å². The molecule has 0 N–H and O–H groups in total. The molecule has 0 aromatic heterocycles. The molecule has 1 aromatic carbocycles. The van der Waals surface area contributed by atoms with E-state index in [2.05, 4.69) is 13.2 Å². The Kier molecular flexibility index (Phi) is 4.93. The number of rotatable bonds is 7. The average Bonchev–Trinajstić information content (AvgIpc) is 2.37. The number of nitrogens with zero attached hydrogens (tertiary/aromatic N) is 2. The van der Waals surface area contributed by atoms with Crippen LogP contribution in [0, 0.1) is 15.9 Å². The van der Waals surface area contributed by atoms with Gasteiger partial charge in [-0.25, -0.2) is 4.39 Å². The molecule has 19 heavy (non-hydrogen) atoms. The van der Waals surface area contributed by atoms with Crippen LogP contribution in [0.2, 0.25) is 0 Å². The van der Waals surface area contributed by atoms with Crippen molar-refractivity contribution in [2.24, 2.45) is 0 Å². The van der Waals surface area contributed by atoms with E-state index in [1.54, 1.807) is 12.2 Å². The fourth-order valence-corrected chi connectivity index (χ4v) is 1.64. The van der Waals surface area contributed by atoms with Crippen LogP contribution in [0.1, 0.15) is 10.4 Å². The zero-order valence-corrected chi connectivity index (χ0v) is 10.2. The molecule has 0 bridgehead atoms. The molecular weight excluding hydrogens is 251 g/mol. The highest BCUT2D eigenvalue weighted by molar-refractivity contribution is 5.80. The molecule has 0 aliphatic heterocycles. The van der Waals surface area contributed by atoms with Crippen molar-refractivity contribution in [1.29, 1.82) is 0 Å². The lowest BCUT2D eigenvalue weighted by Crippen LogP contribution is -2.24. The van der Waals surface area contributed by atoms with E-state index in [1.807, 2.05) is 0 Å². The highest BCUT2D eigenvalue weighted by Gasteiger charge is 2.21. The summed E-state index contributed by atoms with van der Waals surface area (Å²) in [5, 5.41) is 11.0. The van der Waals surface area contributed by atoms with Gasteiger partial charge in [-0.1, -0.05) is 12.2 Å². The normalized spacial score (nSPS) is 9.74. The molecular formula is C13H13FN2O3. The van der Waals surface area contributed by atoms with Gasteiger partial charge < -0.3 is 4.90 Å². The smallest absolute Gasteiger partial charge is 0.293 e.